The minimum Gasteiger partial charge on any atom is -0.230 e. The molecule has 0 aliphatic rings. The van der Waals surface area contributed by atoms with Crippen LogP contribution < -0.4 is 0 Å². The highest BCUT2D eigenvalue weighted by Crippen LogP contribution is 2.24. The second-order valence-electron chi connectivity index (χ2n) is 3.15. The molecule has 1 heterocycles. The first-order valence-electron chi connectivity index (χ1n) is 4.85. The van der Waals surface area contributed by atoms with E-state index in [0.29, 0.717) is 5.15 Å². The van der Waals surface area contributed by atoms with Crippen molar-refractivity contribution in [2.24, 2.45) is 0 Å². The number of rotatable bonds is 5. The van der Waals surface area contributed by atoms with Crippen molar-refractivity contribution in [2.75, 3.05) is 5.75 Å². The first kappa shape index (κ1) is 11.8. The fourth-order valence-electron chi connectivity index (χ4n) is 1.08. The summed E-state index contributed by atoms with van der Waals surface area (Å²) in [6.07, 6.45) is 5.30. The van der Waals surface area contributed by atoms with Crippen LogP contribution in [0.4, 0.5) is 0 Å². The fourth-order valence-corrected chi connectivity index (χ4v) is 2.25. The zero-order chi connectivity index (χ0) is 10.4. The molecule has 0 N–H and O–H groups in total. The standard InChI is InChI=1S/C10H15ClN2S/c1-3-4-5-6-14-10-8(2)9(11)12-7-13-10/h7H,3-6H2,1-2H3. The molecular weight excluding hydrogens is 216 g/mol. The van der Waals surface area contributed by atoms with Gasteiger partial charge in [0.1, 0.15) is 16.5 Å². The Kier molecular flexibility index (Phi) is 5.26. The zero-order valence-electron chi connectivity index (χ0n) is 8.59. The van der Waals surface area contributed by atoms with Gasteiger partial charge in [-0.15, -0.1) is 11.8 Å². The maximum Gasteiger partial charge on any atom is 0.136 e. The number of unbranched alkanes of at least 4 members (excludes halogenated alkanes) is 2. The van der Waals surface area contributed by atoms with Gasteiger partial charge in [-0.25, -0.2) is 9.97 Å². The van der Waals surface area contributed by atoms with Crippen molar-refractivity contribution in [3.63, 3.8) is 0 Å². The second kappa shape index (κ2) is 6.25. The van der Waals surface area contributed by atoms with Crippen LogP contribution in [0.2, 0.25) is 5.15 Å². The van der Waals surface area contributed by atoms with E-state index in [1.54, 1.807) is 11.8 Å². The molecule has 4 heteroatoms. The van der Waals surface area contributed by atoms with E-state index in [1.165, 1.54) is 25.6 Å². The number of hydrogen-bond acceptors (Lipinski definition) is 3. The van der Waals surface area contributed by atoms with Crippen molar-refractivity contribution in [1.29, 1.82) is 0 Å². The number of thioether (sulfide) groups is 1. The van der Waals surface area contributed by atoms with Gasteiger partial charge in [-0.3, -0.25) is 0 Å². The normalized spacial score (nSPS) is 10.5. The van der Waals surface area contributed by atoms with Gasteiger partial charge in [0, 0.05) is 5.56 Å². The van der Waals surface area contributed by atoms with Gasteiger partial charge < -0.3 is 0 Å². The average Bonchev–Trinajstić information content (AvgIpc) is 2.19. The molecule has 0 saturated carbocycles. The maximum atomic E-state index is 5.89. The van der Waals surface area contributed by atoms with Crippen molar-refractivity contribution in [3.05, 3.63) is 17.0 Å². The monoisotopic (exact) mass is 230 g/mol. The van der Waals surface area contributed by atoms with Gasteiger partial charge in [-0.05, 0) is 19.1 Å². The molecule has 0 unspecified atom stereocenters. The van der Waals surface area contributed by atoms with E-state index in [0.717, 1.165) is 16.3 Å². The molecule has 1 rings (SSSR count). The van der Waals surface area contributed by atoms with E-state index in [-0.39, 0.29) is 0 Å². The van der Waals surface area contributed by atoms with E-state index in [4.69, 9.17) is 11.6 Å². The minimum absolute atomic E-state index is 0.568. The molecule has 0 atom stereocenters. The van der Waals surface area contributed by atoms with Gasteiger partial charge in [0.05, 0.1) is 0 Å². The molecule has 0 saturated heterocycles. The molecule has 0 radical (unpaired) electrons. The molecule has 14 heavy (non-hydrogen) atoms. The summed E-state index contributed by atoms with van der Waals surface area (Å²) < 4.78 is 0. The summed E-state index contributed by atoms with van der Waals surface area (Å²) in [7, 11) is 0. The summed E-state index contributed by atoms with van der Waals surface area (Å²) in [5, 5.41) is 1.58. The van der Waals surface area contributed by atoms with Gasteiger partial charge in [-0.1, -0.05) is 31.4 Å². The highest BCUT2D eigenvalue weighted by Gasteiger charge is 2.04. The number of aromatic nitrogens is 2. The largest absolute Gasteiger partial charge is 0.230 e. The van der Waals surface area contributed by atoms with Crippen LogP contribution in [-0.4, -0.2) is 15.7 Å². The van der Waals surface area contributed by atoms with Crippen LogP contribution in [0, 0.1) is 6.92 Å². The smallest absolute Gasteiger partial charge is 0.136 e. The van der Waals surface area contributed by atoms with Gasteiger partial charge in [-0.2, -0.15) is 0 Å². The molecule has 1 aromatic heterocycles. The Morgan fingerprint density at radius 3 is 2.86 bits per heavy atom. The highest BCUT2D eigenvalue weighted by molar-refractivity contribution is 7.99. The van der Waals surface area contributed by atoms with Crippen molar-refractivity contribution in [2.45, 2.75) is 38.1 Å². The quantitative estimate of drug-likeness (QED) is 0.438. The van der Waals surface area contributed by atoms with Crippen LogP contribution in [0.5, 0.6) is 0 Å². The van der Waals surface area contributed by atoms with Gasteiger partial charge in [0.15, 0.2) is 0 Å². The molecule has 0 aliphatic heterocycles. The molecular formula is C10H15ClN2S. The Hall–Kier alpha value is -0.280. The molecule has 0 aliphatic carbocycles. The third-order valence-corrected chi connectivity index (χ3v) is 3.52. The number of hydrogen-bond donors (Lipinski definition) is 0. The number of nitrogens with zero attached hydrogens (tertiary/aromatic N) is 2. The SMILES string of the molecule is CCCCCSc1ncnc(Cl)c1C. The van der Waals surface area contributed by atoms with Crippen LogP contribution in [0.3, 0.4) is 0 Å². The minimum atomic E-state index is 0.568. The Labute approximate surface area is 94.5 Å². The van der Waals surface area contributed by atoms with Crippen LogP contribution in [0.25, 0.3) is 0 Å². The molecule has 2 nitrogen and oxygen atoms in total. The predicted octanol–water partition coefficient (Wildman–Crippen LogP) is 3.72. The first-order valence-corrected chi connectivity index (χ1v) is 6.22. The predicted molar refractivity (Wildman–Crippen MR) is 62.0 cm³/mol. The lowest BCUT2D eigenvalue weighted by molar-refractivity contribution is 0.778. The summed E-state index contributed by atoms with van der Waals surface area (Å²) in [4.78, 5) is 8.13. The Balaban J connectivity index is 2.46. The van der Waals surface area contributed by atoms with Crippen molar-refractivity contribution < 1.29 is 0 Å². The Morgan fingerprint density at radius 2 is 2.14 bits per heavy atom. The molecule has 78 valence electrons. The first-order chi connectivity index (χ1) is 6.75. The van der Waals surface area contributed by atoms with E-state index in [2.05, 4.69) is 16.9 Å². The third kappa shape index (κ3) is 3.46. The highest BCUT2D eigenvalue weighted by atomic mass is 35.5. The summed E-state index contributed by atoms with van der Waals surface area (Å²) in [6.45, 7) is 4.17. The molecule has 0 amide bonds. The fraction of sp³-hybridized carbons (Fsp3) is 0.600. The molecule has 0 bridgehead atoms. The van der Waals surface area contributed by atoms with Crippen molar-refractivity contribution in [1.82, 2.24) is 9.97 Å². The van der Waals surface area contributed by atoms with Gasteiger partial charge in [0.2, 0.25) is 0 Å². The van der Waals surface area contributed by atoms with E-state index in [1.807, 2.05) is 6.92 Å². The van der Waals surface area contributed by atoms with E-state index >= 15 is 0 Å². The Bertz CT molecular complexity index is 291. The van der Waals surface area contributed by atoms with Crippen LogP contribution >= 0.6 is 23.4 Å². The van der Waals surface area contributed by atoms with Crippen molar-refractivity contribution >= 4 is 23.4 Å². The summed E-state index contributed by atoms with van der Waals surface area (Å²) >= 11 is 7.66. The van der Waals surface area contributed by atoms with E-state index < -0.39 is 0 Å². The lowest BCUT2D eigenvalue weighted by atomic mass is 10.3. The van der Waals surface area contributed by atoms with E-state index in [9.17, 15) is 0 Å². The summed E-state index contributed by atoms with van der Waals surface area (Å²) in [5.41, 5.74) is 0.996. The molecule has 0 fully saturated rings. The van der Waals surface area contributed by atoms with Crippen LogP contribution in [0.1, 0.15) is 31.7 Å². The topological polar surface area (TPSA) is 25.8 Å². The van der Waals surface area contributed by atoms with Gasteiger partial charge in [0.25, 0.3) is 0 Å². The zero-order valence-corrected chi connectivity index (χ0v) is 10.2. The lowest BCUT2D eigenvalue weighted by Gasteiger charge is -2.04. The second-order valence-corrected chi connectivity index (χ2v) is 4.59. The number of halogens is 1. The molecule has 0 aromatic carbocycles. The average molecular weight is 231 g/mol. The molecule has 1 aromatic rings. The summed E-state index contributed by atoms with van der Waals surface area (Å²) in [5.74, 6) is 1.11. The molecule has 0 spiro atoms. The Morgan fingerprint density at radius 1 is 1.36 bits per heavy atom. The third-order valence-electron chi connectivity index (χ3n) is 1.96. The van der Waals surface area contributed by atoms with Gasteiger partial charge >= 0.3 is 0 Å². The maximum absolute atomic E-state index is 5.89. The summed E-state index contributed by atoms with van der Waals surface area (Å²) in [6, 6.07) is 0. The lowest BCUT2D eigenvalue weighted by Crippen LogP contribution is -1.91. The van der Waals surface area contributed by atoms with Crippen molar-refractivity contribution in [3.8, 4) is 0 Å². The van der Waals surface area contributed by atoms with Crippen LogP contribution in [-0.2, 0) is 0 Å². The van der Waals surface area contributed by atoms with Crippen LogP contribution in [0.15, 0.2) is 11.4 Å².